The van der Waals surface area contributed by atoms with Gasteiger partial charge in [-0.3, -0.25) is 4.79 Å². The summed E-state index contributed by atoms with van der Waals surface area (Å²) in [6.45, 7) is 7.03. The van der Waals surface area contributed by atoms with Crippen molar-refractivity contribution in [3.8, 4) is 0 Å². The lowest BCUT2D eigenvalue weighted by Gasteiger charge is -2.23. The highest BCUT2D eigenvalue weighted by Gasteiger charge is 2.19. The number of carbonyl (C=O) groups is 1. The Labute approximate surface area is 73.5 Å². The SMILES string of the molecule is C/C=C(/C)C(=O)NC(C)(C)CO. The van der Waals surface area contributed by atoms with E-state index in [0.29, 0.717) is 5.57 Å². The third kappa shape index (κ3) is 3.53. The van der Waals surface area contributed by atoms with Gasteiger partial charge in [-0.2, -0.15) is 0 Å². The van der Waals surface area contributed by atoms with Crippen molar-refractivity contribution in [1.82, 2.24) is 5.32 Å². The van der Waals surface area contributed by atoms with Crippen molar-refractivity contribution >= 4 is 5.91 Å². The van der Waals surface area contributed by atoms with E-state index in [-0.39, 0.29) is 12.5 Å². The standard InChI is InChI=1S/C9H17NO2/c1-5-7(2)8(12)10-9(3,4)6-11/h5,11H,6H2,1-4H3,(H,10,12)/b7-5-. The van der Waals surface area contributed by atoms with Crippen LogP contribution >= 0.6 is 0 Å². The molecule has 0 bridgehead atoms. The van der Waals surface area contributed by atoms with E-state index in [1.165, 1.54) is 0 Å². The van der Waals surface area contributed by atoms with Crippen LogP contribution in [0.1, 0.15) is 27.7 Å². The number of carbonyl (C=O) groups excluding carboxylic acids is 1. The van der Waals surface area contributed by atoms with Crippen LogP contribution in [0.2, 0.25) is 0 Å². The summed E-state index contributed by atoms with van der Waals surface area (Å²) in [7, 11) is 0. The van der Waals surface area contributed by atoms with Gasteiger partial charge in [-0.1, -0.05) is 6.08 Å². The molecule has 0 aliphatic heterocycles. The third-order valence-corrected chi connectivity index (χ3v) is 1.64. The summed E-state index contributed by atoms with van der Waals surface area (Å²) < 4.78 is 0. The topological polar surface area (TPSA) is 49.3 Å². The number of aliphatic hydroxyl groups is 1. The number of allylic oxidation sites excluding steroid dienone is 1. The Balaban J connectivity index is 4.19. The molecule has 1 amide bonds. The first-order chi connectivity index (χ1) is 5.43. The molecule has 3 nitrogen and oxygen atoms in total. The fourth-order valence-electron chi connectivity index (χ4n) is 0.577. The first-order valence-electron chi connectivity index (χ1n) is 3.99. The molecule has 0 rings (SSSR count). The van der Waals surface area contributed by atoms with E-state index in [4.69, 9.17) is 5.11 Å². The molecule has 0 atom stereocenters. The zero-order chi connectivity index (χ0) is 9.78. The van der Waals surface area contributed by atoms with E-state index < -0.39 is 5.54 Å². The Morgan fingerprint density at radius 1 is 1.58 bits per heavy atom. The number of hydrogen-bond donors (Lipinski definition) is 2. The van der Waals surface area contributed by atoms with Crippen molar-refractivity contribution < 1.29 is 9.90 Å². The molecule has 0 aliphatic carbocycles. The highest BCUT2D eigenvalue weighted by molar-refractivity contribution is 5.93. The second-order valence-electron chi connectivity index (χ2n) is 3.47. The minimum absolute atomic E-state index is 0.0598. The lowest BCUT2D eigenvalue weighted by Crippen LogP contribution is -2.46. The van der Waals surface area contributed by atoms with Gasteiger partial charge in [0.05, 0.1) is 12.1 Å². The molecule has 0 fully saturated rings. The molecular weight excluding hydrogens is 154 g/mol. The van der Waals surface area contributed by atoms with Gasteiger partial charge in [-0.15, -0.1) is 0 Å². The lowest BCUT2D eigenvalue weighted by molar-refractivity contribution is -0.119. The zero-order valence-electron chi connectivity index (χ0n) is 8.14. The summed E-state index contributed by atoms with van der Waals surface area (Å²) in [5, 5.41) is 11.6. The molecule has 3 heteroatoms. The van der Waals surface area contributed by atoms with E-state index in [1.807, 2.05) is 0 Å². The average Bonchev–Trinajstić information content (AvgIpc) is 2.02. The van der Waals surface area contributed by atoms with Gasteiger partial charge in [0.2, 0.25) is 5.91 Å². The van der Waals surface area contributed by atoms with Crippen molar-refractivity contribution in [3.05, 3.63) is 11.6 Å². The lowest BCUT2D eigenvalue weighted by atomic mass is 10.1. The molecule has 0 aromatic rings. The second-order valence-corrected chi connectivity index (χ2v) is 3.47. The summed E-state index contributed by atoms with van der Waals surface area (Å²) in [5.41, 5.74) is 0.123. The Morgan fingerprint density at radius 3 is 2.42 bits per heavy atom. The van der Waals surface area contributed by atoms with Crippen LogP contribution in [-0.4, -0.2) is 23.2 Å². The molecule has 0 spiro atoms. The molecule has 0 heterocycles. The van der Waals surface area contributed by atoms with Crippen LogP contribution in [0.15, 0.2) is 11.6 Å². The summed E-state index contributed by atoms with van der Waals surface area (Å²) in [6, 6.07) is 0. The van der Waals surface area contributed by atoms with Gasteiger partial charge in [0.25, 0.3) is 0 Å². The summed E-state index contributed by atoms with van der Waals surface area (Å²) in [5.74, 6) is -0.128. The Bertz CT molecular complexity index is 195. The van der Waals surface area contributed by atoms with E-state index in [2.05, 4.69) is 5.32 Å². The van der Waals surface area contributed by atoms with Crippen LogP contribution in [0.25, 0.3) is 0 Å². The number of hydrogen-bond acceptors (Lipinski definition) is 2. The van der Waals surface area contributed by atoms with Gasteiger partial charge in [0.15, 0.2) is 0 Å². The van der Waals surface area contributed by atoms with E-state index >= 15 is 0 Å². The maximum atomic E-state index is 11.3. The van der Waals surface area contributed by atoms with Crippen molar-refractivity contribution in [2.24, 2.45) is 0 Å². The summed E-state index contributed by atoms with van der Waals surface area (Å²) >= 11 is 0. The Kier molecular flexibility index (Phi) is 3.96. The van der Waals surface area contributed by atoms with Crippen molar-refractivity contribution in [2.75, 3.05) is 6.61 Å². The maximum absolute atomic E-state index is 11.3. The smallest absolute Gasteiger partial charge is 0.247 e. The van der Waals surface area contributed by atoms with Crippen LogP contribution in [0.3, 0.4) is 0 Å². The van der Waals surface area contributed by atoms with Gasteiger partial charge < -0.3 is 10.4 Å². The molecule has 0 unspecified atom stereocenters. The normalized spacial score (nSPS) is 12.9. The molecule has 0 saturated carbocycles. The van der Waals surface area contributed by atoms with Crippen LogP contribution in [0, 0.1) is 0 Å². The summed E-state index contributed by atoms with van der Waals surface area (Å²) in [4.78, 5) is 11.3. The van der Waals surface area contributed by atoms with E-state index in [0.717, 1.165) is 0 Å². The average molecular weight is 171 g/mol. The quantitative estimate of drug-likeness (QED) is 0.618. The van der Waals surface area contributed by atoms with Gasteiger partial charge in [0, 0.05) is 5.57 Å². The molecule has 70 valence electrons. The molecule has 12 heavy (non-hydrogen) atoms. The Hall–Kier alpha value is -0.830. The number of rotatable bonds is 3. The van der Waals surface area contributed by atoms with Crippen molar-refractivity contribution in [3.63, 3.8) is 0 Å². The number of amides is 1. The first kappa shape index (κ1) is 11.2. The second kappa shape index (κ2) is 4.26. The highest BCUT2D eigenvalue weighted by Crippen LogP contribution is 2.02. The van der Waals surface area contributed by atoms with Crippen molar-refractivity contribution in [2.45, 2.75) is 33.2 Å². The molecular formula is C9H17NO2. The third-order valence-electron chi connectivity index (χ3n) is 1.64. The fraction of sp³-hybridized carbons (Fsp3) is 0.667. The molecule has 0 aromatic heterocycles. The predicted molar refractivity (Wildman–Crippen MR) is 48.7 cm³/mol. The van der Waals surface area contributed by atoms with Gasteiger partial charge in [-0.05, 0) is 27.7 Å². The predicted octanol–water partition coefficient (Wildman–Crippen LogP) is 0.840. The largest absolute Gasteiger partial charge is 0.394 e. The summed E-state index contributed by atoms with van der Waals surface area (Å²) in [6.07, 6.45) is 1.74. The maximum Gasteiger partial charge on any atom is 0.247 e. The van der Waals surface area contributed by atoms with Crippen LogP contribution in [-0.2, 0) is 4.79 Å². The molecule has 0 saturated heterocycles. The minimum atomic E-state index is -0.540. The van der Waals surface area contributed by atoms with Gasteiger partial charge in [0.1, 0.15) is 0 Å². The Morgan fingerprint density at radius 2 is 2.08 bits per heavy atom. The van der Waals surface area contributed by atoms with E-state index in [1.54, 1.807) is 33.8 Å². The number of aliphatic hydroxyl groups excluding tert-OH is 1. The number of nitrogens with one attached hydrogen (secondary N) is 1. The first-order valence-corrected chi connectivity index (χ1v) is 3.99. The zero-order valence-corrected chi connectivity index (χ0v) is 8.14. The molecule has 0 aromatic carbocycles. The van der Waals surface area contributed by atoms with Crippen LogP contribution in [0.4, 0.5) is 0 Å². The van der Waals surface area contributed by atoms with Crippen molar-refractivity contribution in [1.29, 1.82) is 0 Å². The molecule has 0 aliphatic rings. The van der Waals surface area contributed by atoms with Gasteiger partial charge in [-0.25, -0.2) is 0 Å². The molecule has 2 N–H and O–H groups in total. The van der Waals surface area contributed by atoms with Crippen LogP contribution in [0.5, 0.6) is 0 Å². The fourth-order valence-corrected chi connectivity index (χ4v) is 0.577. The van der Waals surface area contributed by atoms with E-state index in [9.17, 15) is 4.79 Å². The minimum Gasteiger partial charge on any atom is -0.394 e. The highest BCUT2D eigenvalue weighted by atomic mass is 16.3. The van der Waals surface area contributed by atoms with Gasteiger partial charge >= 0.3 is 0 Å². The van der Waals surface area contributed by atoms with Crippen LogP contribution < -0.4 is 5.32 Å². The monoisotopic (exact) mass is 171 g/mol. The molecule has 0 radical (unpaired) electrons.